The smallest absolute Gasteiger partial charge is 0.326 e. The minimum atomic E-state index is -0.529. The number of rotatable bonds is 4. The minimum Gasteiger partial charge on any atom is -0.459 e. The lowest BCUT2D eigenvalue weighted by Crippen LogP contribution is -2.25. The molecule has 0 unspecified atom stereocenters. The number of nitriles is 1. The summed E-state index contributed by atoms with van der Waals surface area (Å²) < 4.78 is 6.39. The van der Waals surface area contributed by atoms with Gasteiger partial charge in [-0.05, 0) is 29.8 Å². The number of para-hydroxylation sites is 1. The van der Waals surface area contributed by atoms with Gasteiger partial charge < -0.3 is 4.74 Å². The SMILES string of the molecule is N#Cc1ccc(COC(=O)Cn2cnc3ccccc3c2=O)cc1. The highest BCUT2D eigenvalue weighted by atomic mass is 16.5. The van der Waals surface area contributed by atoms with Crippen LogP contribution in [0, 0.1) is 11.3 Å². The molecule has 0 spiro atoms. The molecule has 0 N–H and O–H groups in total. The Morgan fingerprint density at radius 2 is 1.92 bits per heavy atom. The number of ether oxygens (including phenoxy) is 1. The van der Waals surface area contributed by atoms with Crippen LogP contribution in [0.5, 0.6) is 0 Å². The molecule has 3 rings (SSSR count). The van der Waals surface area contributed by atoms with Gasteiger partial charge in [-0.3, -0.25) is 14.2 Å². The van der Waals surface area contributed by atoms with Crippen LogP contribution >= 0.6 is 0 Å². The van der Waals surface area contributed by atoms with E-state index in [9.17, 15) is 9.59 Å². The van der Waals surface area contributed by atoms with Crippen LogP contribution in [-0.4, -0.2) is 15.5 Å². The minimum absolute atomic E-state index is 0.0836. The van der Waals surface area contributed by atoms with Crippen molar-refractivity contribution >= 4 is 16.9 Å². The predicted molar refractivity (Wildman–Crippen MR) is 87.0 cm³/mol. The fraction of sp³-hybridized carbons (Fsp3) is 0.111. The number of esters is 1. The first-order valence-electron chi connectivity index (χ1n) is 7.26. The van der Waals surface area contributed by atoms with Crippen molar-refractivity contribution in [2.24, 2.45) is 0 Å². The molecule has 118 valence electrons. The quantitative estimate of drug-likeness (QED) is 0.687. The van der Waals surface area contributed by atoms with Gasteiger partial charge in [0.1, 0.15) is 13.2 Å². The summed E-state index contributed by atoms with van der Waals surface area (Å²) in [5.41, 5.74) is 1.62. The van der Waals surface area contributed by atoms with E-state index in [2.05, 4.69) is 4.98 Å². The monoisotopic (exact) mass is 319 g/mol. The van der Waals surface area contributed by atoms with E-state index in [4.69, 9.17) is 10.00 Å². The first kappa shape index (κ1) is 15.4. The van der Waals surface area contributed by atoms with Gasteiger partial charge in [0.25, 0.3) is 5.56 Å². The van der Waals surface area contributed by atoms with Gasteiger partial charge in [0, 0.05) is 0 Å². The standard InChI is InChI=1S/C18H13N3O3/c19-9-13-5-7-14(8-6-13)11-24-17(22)10-21-12-20-16-4-2-1-3-15(16)18(21)23/h1-8,12H,10-11H2. The number of hydrogen-bond acceptors (Lipinski definition) is 5. The molecule has 24 heavy (non-hydrogen) atoms. The average molecular weight is 319 g/mol. The topological polar surface area (TPSA) is 85.0 Å². The number of carbonyl (C=O) groups is 1. The van der Waals surface area contributed by atoms with Crippen molar-refractivity contribution in [3.8, 4) is 6.07 Å². The molecule has 1 aromatic heterocycles. The van der Waals surface area contributed by atoms with Gasteiger partial charge in [-0.15, -0.1) is 0 Å². The lowest BCUT2D eigenvalue weighted by atomic mass is 10.2. The van der Waals surface area contributed by atoms with E-state index in [1.54, 1.807) is 48.5 Å². The molecule has 2 aromatic carbocycles. The Bertz CT molecular complexity index is 985. The van der Waals surface area contributed by atoms with Crippen molar-refractivity contribution in [2.75, 3.05) is 0 Å². The zero-order valence-corrected chi connectivity index (χ0v) is 12.7. The maximum Gasteiger partial charge on any atom is 0.326 e. The Morgan fingerprint density at radius 1 is 1.17 bits per heavy atom. The molecule has 0 atom stereocenters. The summed E-state index contributed by atoms with van der Waals surface area (Å²) in [7, 11) is 0. The molecular weight excluding hydrogens is 306 g/mol. The first-order valence-corrected chi connectivity index (χ1v) is 7.26. The molecule has 0 saturated heterocycles. The maximum atomic E-state index is 12.3. The summed E-state index contributed by atoms with van der Waals surface area (Å²) in [6.45, 7) is -0.118. The molecule has 6 heteroatoms. The highest BCUT2D eigenvalue weighted by Gasteiger charge is 2.09. The zero-order chi connectivity index (χ0) is 16.9. The fourth-order valence-corrected chi connectivity index (χ4v) is 2.24. The molecule has 0 aliphatic heterocycles. The van der Waals surface area contributed by atoms with E-state index in [0.717, 1.165) is 5.56 Å². The van der Waals surface area contributed by atoms with Crippen molar-refractivity contribution in [1.82, 2.24) is 9.55 Å². The van der Waals surface area contributed by atoms with Crippen molar-refractivity contribution in [1.29, 1.82) is 5.26 Å². The number of hydrogen-bond donors (Lipinski definition) is 0. The van der Waals surface area contributed by atoms with Gasteiger partial charge in [0.05, 0.1) is 28.9 Å². The van der Waals surface area contributed by atoms with Crippen molar-refractivity contribution in [3.05, 3.63) is 76.3 Å². The van der Waals surface area contributed by atoms with Gasteiger partial charge in [-0.25, -0.2) is 4.98 Å². The Morgan fingerprint density at radius 3 is 2.67 bits per heavy atom. The van der Waals surface area contributed by atoms with Crippen LogP contribution in [0.2, 0.25) is 0 Å². The highest BCUT2D eigenvalue weighted by molar-refractivity contribution is 5.77. The third-order valence-corrected chi connectivity index (χ3v) is 3.51. The summed E-state index contributed by atoms with van der Waals surface area (Å²) in [6, 6.07) is 15.7. The van der Waals surface area contributed by atoms with Gasteiger partial charge in [-0.2, -0.15) is 5.26 Å². The predicted octanol–water partition coefficient (Wildman–Crippen LogP) is 2.01. The summed E-state index contributed by atoms with van der Waals surface area (Å²) >= 11 is 0. The lowest BCUT2D eigenvalue weighted by molar-refractivity contribution is -0.145. The van der Waals surface area contributed by atoms with Crippen LogP contribution in [-0.2, 0) is 22.7 Å². The summed E-state index contributed by atoms with van der Waals surface area (Å²) in [5.74, 6) is -0.529. The highest BCUT2D eigenvalue weighted by Crippen LogP contribution is 2.06. The zero-order valence-electron chi connectivity index (χ0n) is 12.7. The molecule has 3 aromatic rings. The third kappa shape index (κ3) is 3.31. The van der Waals surface area contributed by atoms with Crippen LogP contribution in [0.4, 0.5) is 0 Å². The second-order valence-corrected chi connectivity index (χ2v) is 5.16. The van der Waals surface area contributed by atoms with E-state index in [-0.39, 0.29) is 18.7 Å². The molecule has 0 radical (unpaired) electrons. The molecule has 6 nitrogen and oxygen atoms in total. The molecule has 0 saturated carbocycles. The number of benzene rings is 2. The Hall–Kier alpha value is -3.46. The molecule has 0 aliphatic rings. The van der Waals surface area contributed by atoms with E-state index in [1.165, 1.54) is 10.9 Å². The second kappa shape index (κ2) is 6.75. The molecular formula is C18H13N3O3. The van der Waals surface area contributed by atoms with E-state index >= 15 is 0 Å². The Labute approximate surface area is 137 Å². The fourth-order valence-electron chi connectivity index (χ4n) is 2.24. The first-order chi connectivity index (χ1) is 11.7. The number of nitrogens with zero attached hydrogens (tertiary/aromatic N) is 3. The molecule has 0 aliphatic carbocycles. The van der Waals surface area contributed by atoms with E-state index in [1.807, 2.05) is 6.07 Å². The summed E-state index contributed by atoms with van der Waals surface area (Å²) in [5, 5.41) is 9.20. The van der Waals surface area contributed by atoms with Gasteiger partial charge >= 0.3 is 5.97 Å². The van der Waals surface area contributed by atoms with Crippen LogP contribution in [0.1, 0.15) is 11.1 Å². The number of fused-ring (bicyclic) bond motifs is 1. The van der Waals surface area contributed by atoms with Gasteiger partial charge in [-0.1, -0.05) is 24.3 Å². The number of aromatic nitrogens is 2. The third-order valence-electron chi connectivity index (χ3n) is 3.51. The lowest BCUT2D eigenvalue weighted by Gasteiger charge is -2.07. The van der Waals surface area contributed by atoms with Crippen molar-refractivity contribution in [3.63, 3.8) is 0 Å². The molecule has 0 amide bonds. The average Bonchev–Trinajstić information content (AvgIpc) is 2.63. The van der Waals surface area contributed by atoms with Crippen molar-refractivity contribution < 1.29 is 9.53 Å². The van der Waals surface area contributed by atoms with Gasteiger partial charge in [0.15, 0.2) is 0 Å². The summed E-state index contributed by atoms with van der Waals surface area (Å²) in [6.07, 6.45) is 1.34. The Kier molecular flexibility index (Phi) is 4.34. The molecule has 0 fully saturated rings. The van der Waals surface area contributed by atoms with E-state index in [0.29, 0.717) is 16.5 Å². The number of carbonyl (C=O) groups excluding carboxylic acids is 1. The van der Waals surface area contributed by atoms with Crippen LogP contribution in [0.25, 0.3) is 10.9 Å². The van der Waals surface area contributed by atoms with Crippen LogP contribution in [0.3, 0.4) is 0 Å². The summed E-state index contributed by atoms with van der Waals surface area (Å²) in [4.78, 5) is 28.4. The van der Waals surface area contributed by atoms with Crippen molar-refractivity contribution in [2.45, 2.75) is 13.2 Å². The largest absolute Gasteiger partial charge is 0.459 e. The van der Waals surface area contributed by atoms with Gasteiger partial charge in [0.2, 0.25) is 0 Å². The molecule has 0 bridgehead atoms. The molecule has 1 heterocycles. The Balaban J connectivity index is 1.67. The second-order valence-electron chi connectivity index (χ2n) is 5.16. The van der Waals surface area contributed by atoms with E-state index < -0.39 is 5.97 Å². The maximum absolute atomic E-state index is 12.3. The van der Waals surface area contributed by atoms with Crippen LogP contribution in [0.15, 0.2) is 59.7 Å². The van der Waals surface area contributed by atoms with Crippen LogP contribution < -0.4 is 5.56 Å². The normalized spacial score (nSPS) is 10.3.